The van der Waals surface area contributed by atoms with Gasteiger partial charge >= 0.3 is 11.9 Å². The number of ether oxygens (including phenoxy) is 2. The lowest BCUT2D eigenvalue weighted by atomic mass is 10.1. The zero-order valence-corrected chi connectivity index (χ0v) is 17.2. The molecular formula is C18H17N3O6S2. The predicted molar refractivity (Wildman–Crippen MR) is 107 cm³/mol. The number of esters is 2. The van der Waals surface area contributed by atoms with E-state index in [1.54, 1.807) is 26.0 Å². The van der Waals surface area contributed by atoms with Gasteiger partial charge in [0, 0.05) is 0 Å². The van der Waals surface area contributed by atoms with Crippen LogP contribution in [0.1, 0.15) is 34.6 Å². The van der Waals surface area contributed by atoms with E-state index >= 15 is 0 Å². The van der Waals surface area contributed by atoms with Crippen LogP contribution in [0, 0.1) is 0 Å². The topological polar surface area (TPSA) is 125 Å². The van der Waals surface area contributed by atoms with Crippen molar-refractivity contribution in [3.05, 3.63) is 47.5 Å². The summed E-state index contributed by atoms with van der Waals surface area (Å²) in [6.45, 7) is 3.54. The molecule has 1 heterocycles. The van der Waals surface area contributed by atoms with Gasteiger partial charge in [-0.15, -0.1) is 0 Å². The maximum absolute atomic E-state index is 13.0. The second-order valence-corrected chi connectivity index (χ2v) is 7.87. The number of nitrogens with zero attached hydrogens (tertiary/aromatic N) is 2. The summed E-state index contributed by atoms with van der Waals surface area (Å²) in [6.07, 6.45) is 0. The first-order chi connectivity index (χ1) is 13.9. The first-order valence-corrected chi connectivity index (χ1v) is 10.8. The van der Waals surface area contributed by atoms with Crippen molar-refractivity contribution in [1.29, 1.82) is 0 Å². The molecule has 0 atom stereocenters. The van der Waals surface area contributed by atoms with E-state index < -0.39 is 22.0 Å². The van der Waals surface area contributed by atoms with Crippen molar-refractivity contribution in [1.82, 2.24) is 8.75 Å². The van der Waals surface area contributed by atoms with E-state index in [0.29, 0.717) is 5.52 Å². The summed E-state index contributed by atoms with van der Waals surface area (Å²) < 4.78 is 46.4. The summed E-state index contributed by atoms with van der Waals surface area (Å²) in [5.74, 6) is -1.37. The molecule has 3 aromatic rings. The van der Waals surface area contributed by atoms with Gasteiger partial charge in [-0.25, -0.2) is 18.0 Å². The minimum absolute atomic E-state index is 0.0351. The molecule has 2 aromatic carbocycles. The van der Waals surface area contributed by atoms with Crippen LogP contribution in [0.5, 0.6) is 0 Å². The van der Waals surface area contributed by atoms with Crippen LogP contribution in [-0.2, 0) is 19.5 Å². The van der Waals surface area contributed by atoms with E-state index in [9.17, 15) is 18.0 Å². The third-order valence-corrected chi connectivity index (χ3v) is 5.75. The molecule has 0 aliphatic rings. The number of fused-ring (bicyclic) bond motifs is 1. The molecule has 1 aromatic heterocycles. The summed E-state index contributed by atoms with van der Waals surface area (Å²) >= 11 is 0.888. The average Bonchev–Trinajstić information content (AvgIpc) is 3.16. The van der Waals surface area contributed by atoms with Gasteiger partial charge in [-0.05, 0) is 44.2 Å². The van der Waals surface area contributed by atoms with Gasteiger partial charge < -0.3 is 9.47 Å². The monoisotopic (exact) mass is 435 g/mol. The van der Waals surface area contributed by atoms with E-state index in [-0.39, 0.29) is 40.4 Å². The minimum Gasteiger partial charge on any atom is -0.462 e. The summed E-state index contributed by atoms with van der Waals surface area (Å²) in [5.41, 5.74) is 0.598. The van der Waals surface area contributed by atoms with E-state index in [1.807, 2.05) is 0 Å². The van der Waals surface area contributed by atoms with Gasteiger partial charge in [-0.1, -0.05) is 6.07 Å². The summed E-state index contributed by atoms with van der Waals surface area (Å²) in [7, 11) is -4.14. The maximum atomic E-state index is 13.0. The van der Waals surface area contributed by atoms with E-state index in [2.05, 4.69) is 13.5 Å². The smallest absolute Gasteiger partial charge is 0.340 e. The zero-order chi connectivity index (χ0) is 21.0. The standard InChI is InChI=1S/C18H17N3O6S2/c1-3-26-17(22)11-8-9-12(18(23)27-4-2)14(10-11)21-29(24,25)15-7-5-6-13-16(15)20-28-19-13/h5-10,21H,3-4H2,1-2H3. The lowest BCUT2D eigenvalue weighted by Crippen LogP contribution is -2.18. The number of aromatic nitrogens is 2. The normalized spacial score (nSPS) is 11.2. The van der Waals surface area contributed by atoms with E-state index in [1.165, 1.54) is 24.3 Å². The molecule has 9 nitrogen and oxygen atoms in total. The Morgan fingerprint density at radius 1 is 1.03 bits per heavy atom. The summed E-state index contributed by atoms with van der Waals surface area (Å²) in [5, 5.41) is 0. The molecule has 0 amide bonds. The van der Waals surface area contributed by atoms with Crippen molar-refractivity contribution in [2.24, 2.45) is 0 Å². The Hall–Kier alpha value is -3.05. The first kappa shape index (κ1) is 20.7. The fraction of sp³-hybridized carbons (Fsp3) is 0.222. The van der Waals surface area contributed by atoms with Gasteiger partial charge in [-0.3, -0.25) is 4.72 Å². The third kappa shape index (κ3) is 4.35. The Morgan fingerprint density at radius 2 is 1.76 bits per heavy atom. The van der Waals surface area contributed by atoms with Gasteiger partial charge in [0.15, 0.2) is 0 Å². The van der Waals surface area contributed by atoms with Gasteiger partial charge in [0.2, 0.25) is 0 Å². The highest BCUT2D eigenvalue weighted by atomic mass is 32.2. The van der Waals surface area contributed by atoms with Gasteiger partial charge in [0.25, 0.3) is 10.0 Å². The van der Waals surface area contributed by atoms with Crippen molar-refractivity contribution in [2.75, 3.05) is 17.9 Å². The number of rotatable bonds is 7. The number of sulfonamides is 1. The molecule has 11 heteroatoms. The molecule has 0 aliphatic carbocycles. The van der Waals surface area contributed by atoms with Crippen molar-refractivity contribution in [3.63, 3.8) is 0 Å². The Labute approximate surface area is 171 Å². The Bertz CT molecular complexity index is 1170. The molecule has 0 saturated carbocycles. The van der Waals surface area contributed by atoms with Crippen LogP contribution < -0.4 is 4.72 Å². The molecule has 152 valence electrons. The maximum Gasteiger partial charge on any atom is 0.340 e. The van der Waals surface area contributed by atoms with Gasteiger partial charge in [0.05, 0.1) is 41.8 Å². The molecule has 0 saturated heterocycles. The summed E-state index contributed by atoms with van der Waals surface area (Å²) in [4.78, 5) is 24.2. The number of hydrogen-bond donors (Lipinski definition) is 1. The van der Waals surface area contributed by atoms with Crippen molar-refractivity contribution in [3.8, 4) is 0 Å². The molecule has 0 unspecified atom stereocenters. The molecule has 1 N–H and O–H groups in total. The number of carbonyl (C=O) groups excluding carboxylic acids is 2. The number of benzene rings is 2. The zero-order valence-electron chi connectivity index (χ0n) is 15.5. The minimum atomic E-state index is -4.14. The quantitative estimate of drug-likeness (QED) is 0.562. The van der Waals surface area contributed by atoms with Gasteiger partial charge in [0.1, 0.15) is 15.9 Å². The van der Waals surface area contributed by atoms with Crippen molar-refractivity contribution in [2.45, 2.75) is 18.7 Å². The van der Waals surface area contributed by atoms with E-state index in [4.69, 9.17) is 9.47 Å². The second-order valence-electron chi connectivity index (χ2n) is 5.69. The highest BCUT2D eigenvalue weighted by Crippen LogP contribution is 2.26. The molecular weight excluding hydrogens is 418 g/mol. The van der Waals surface area contributed by atoms with Gasteiger partial charge in [-0.2, -0.15) is 8.75 Å². The SMILES string of the molecule is CCOC(=O)c1ccc(C(=O)OCC)c(NS(=O)(=O)c2cccc3nsnc23)c1. The second kappa shape index (κ2) is 8.53. The van der Waals surface area contributed by atoms with Crippen LogP contribution in [0.3, 0.4) is 0 Å². The average molecular weight is 435 g/mol. The van der Waals surface area contributed by atoms with E-state index in [0.717, 1.165) is 11.7 Å². The van der Waals surface area contributed by atoms with Crippen molar-refractivity contribution >= 4 is 50.4 Å². The molecule has 0 radical (unpaired) electrons. The van der Waals surface area contributed by atoms with Crippen LogP contribution >= 0.6 is 11.7 Å². The predicted octanol–water partition coefficient (Wildman–Crippen LogP) is 2.85. The van der Waals surface area contributed by atoms with Crippen LogP contribution in [0.4, 0.5) is 5.69 Å². The van der Waals surface area contributed by atoms with Crippen LogP contribution in [0.25, 0.3) is 11.0 Å². The largest absolute Gasteiger partial charge is 0.462 e. The lowest BCUT2D eigenvalue weighted by molar-refractivity contribution is 0.0512. The Morgan fingerprint density at radius 3 is 2.48 bits per heavy atom. The Kier molecular flexibility index (Phi) is 6.09. The number of hydrogen-bond acceptors (Lipinski definition) is 9. The fourth-order valence-electron chi connectivity index (χ4n) is 2.55. The number of anilines is 1. The molecule has 0 spiro atoms. The van der Waals surface area contributed by atoms with Crippen LogP contribution in [0.2, 0.25) is 0 Å². The molecule has 0 aliphatic heterocycles. The number of carbonyl (C=O) groups is 2. The highest BCUT2D eigenvalue weighted by molar-refractivity contribution is 7.93. The van der Waals surface area contributed by atoms with Crippen LogP contribution in [-0.4, -0.2) is 42.3 Å². The number of nitrogens with one attached hydrogen (secondary N) is 1. The molecule has 29 heavy (non-hydrogen) atoms. The highest BCUT2D eigenvalue weighted by Gasteiger charge is 2.24. The van der Waals surface area contributed by atoms with Crippen molar-refractivity contribution < 1.29 is 27.5 Å². The molecule has 3 rings (SSSR count). The Balaban J connectivity index is 2.07. The molecule has 0 fully saturated rings. The fourth-order valence-corrected chi connectivity index (χ4v) is 4.39. The first-order valence-electron chi connectivity index (χ1n) is 8.59. The van der Waals surface area contributed by atoms with Crippen LogP contribution in [0.15, 0.2) is 41.3 Å². The molecule has 0 bridgehead atoms. The summed E-state index contributed by atoms with van der Waals surface area (Å²) in [6, 6.07) is 8.48. The third-order valence-electron chi connectivity index (χ3n) is 3.81. The lowest BCUT2D eigenvalue weighted by Gasteiger charge is -2.13.